The maximum atomic E-state index is 6.99. The topological polar surface area (TPSA) is 67.7 Å². The number of hydrogen-bond donors (Lipinski definition) is 2. The number of amidine groups is 1. The molecule has 0 aliphatic rings. The van der Waals surface area contributed by atoms with E-state index in [1.807, 2.05) is 6.20 Å². The van der Waals surface area contributed by atoms with Crippen LogP contribution >= 0.6 is 22.6 Å². The number of nitrogens with two attached hydrogens (primary N) is 1. The van der Waals surface area contributed by atoms with Crippen LogP contribution in [-0.2, 0) is 6.54 Å². The fourth-order valence-electron chi connectivity index (χ4n) is 0.696. The van der Waals surface area contributed by atoms with E-state index >= 15 is 0 Å². The van der Waals surface area contributed by atoms with Gasteiger partial charge in [-0.05, 0) is 22.6 Å². The molecule has 0 spiro atoms. The molecule has 5 heteroatoms. The number of nitrogens with zero attached hydrogens (tertiary/aromatic N) is 2. The average molecular weight is 264 g/mol. The van der Waals surface area contributed by atoms with Gasteiger partial charge in [-0.25, -0.2) is 0 Å². The fourth-order valence-corrected chi connectivity index (χ4v) is 1.14. The van der Waals surface area contributed by atoms with Crippen LogP contribution in [0.15, 0.2) is 12.4 Å². The van der Waals surface area contributed by atoms with Gasteiger partial charge in [0.05, 0.1) is 15.6 Å². The Balaban J connectivity index is 2.45. The van der Waals surface area contributed by atoms with E-state index in [2.05, 4.69) is 27.7 Å². The minimum atomic E-state index is 0.204. The summed E-state index contributed by atoms with van der Waals surface area (Å²) in [4.78, 5) is 0. The minimum absolute atomic E-state index is 0.204. The smallest absolute Gasteiger partial charge is 0.0923 e. The van der Waals surface area contributed by atoms with E-state index < -0.39 is 0 Å². The number of nitrogens with one attached hydrogen (secondary N) is 1. The highest BCUT2D eigenvalue weighted by atomic mass is 127. The molecule has 3 N–H and O–H groups in total. The number of halogens is 1. The highest BCUT2D eigenvalue weighted by Gasteiger charge is 1.94. The second-order valence-corrected chi connectivity index (χ2v) is 3.44. The summed E-state index contributed by atoms with van der Waals surface area (Å²) in [5.74, 6) is 0.204. The molecule has 1 aromatic heterocycles. The van der Waals surface area contributed by atoms with Crippen molar-refractivity contribution in [3.8, 4) is 0 Å². The molecule has 0 aromatic carbocycles. The van der Waals surface area contributed by atoms with E-state index in [0.717, 1.165) is 3.57 Å². The molecular weight excluding hydrogens is 255 g/mol. The Labute approximate surface area is 78.4 Å². The number of rotatable bonds is 3. The van der Waals surface area contributed by atoms with Gasteiger partial charge in [-0.3, -0.25) is 10.1 Å². The lowest BCUT2D eigenvalue weighted by atomic mass is 10.4. The van der Waals surface area contributed by atoms with Crippen molar-refractivity contribution in [2.24, 2.45) is 5.73 Å². The van der Waals surface area contributed by atoms with Gasteiger partial charge in [0.2, 0.25) is 0 Å². The van der Waals surface area contributed by atoms with Crippen LogP contribution in [0.4, 0.5) is 0 Å². The average Bonchev–Trinajstić information content (AvgIpc) is 2.31. The largest absolute Gasteiger partial charge is 0.388 e. The molecule has 0 bridgehead atoms. The third-order valence-electron chi connectivity index (χ3n) is 1.21. The maximum Gasteiger partial charge on any atom is 0.0923 e. The number of aromatic nitrogens is 2. The van der Waals surface area contributed by atoms with Crippen LogP contribution in [0.2, 0.25) is 0 Å². The third-order valence-corrected chi connectivity index (χ3v) is 1.77. The Bertz CT molecular complexity index is 255. The van der Waals surface area contributed by atoms with Crippen LogP contribution in [0, 0.1) is 8.98 Å². The van der Waals surface area contributed by atoms with E-state index in [1.165, 1.54) is 0 Å². The molecule has 60 valence electrons. The van der Waals surface area contributed by atoms with Gasteiger partial charge in [-0.2, -0.15) is 5.10 Å². The lowest BCUT2D eigenvalue weighted by Crippen LogP contribution is -2.13. The Hall–Kier alpha value is -0.590. The van der Waals surface area contributed by atoms with Crippen LogP contribution in [0.5, 0.6) is 0 Å². The molecule has 0 radical (unpaired) electrons. The van der Waals surface area contributed by atoms with Crippen LogP contribution < -0.4 is 5.73 Å². The summed E-state index contributed by atoms with van der Waals surface area (Å²) in [5, 5.41) is 11.0. The summed E-state index contributed by atoms with van der Waals surface area (Å²) in [6.07, 6.45) is 4.27. The van der Waals surface area contributed by atoms with Gasteiger partial charge >= 0.3 is 0 Å². The van der Waals surface area contributed by atoms with Crippen molar-refractivity contribution < 1.29 is 0 Å². The van der Waals surface area contributed by atoms with Crippen molar-refractivity contribution >= 4 is 28.4 Å². The van der Waals surface area contributed by atoms with Gasteiger partial charge in [-0.15, -0.1) is 0 Å². The first kappa shape index (κ1) is 8.51. The monoisotopic (exact) mass is 264 g/mol. The van der Waals surface area contributed by atoms with Crippen molar-refractivity contribution in [1.82, 2.24) is 9.78 Å². The normalized spacial score (nSPS) is 9.91. The van der Waals surface area contributed by atoms with Crippen molar-refractivity contribution in [1.29, 1.82) is 5.41 Å². The molecule has 0 fully saturated rings. The molecule has 4 nitrogen and oxygen atoms in total. The van der Waals surface area contributed by atoms with Crippen LogP contribution in [0.3, 0.4) is 0 Å². The molecule has 0 aliphatic carbocycles. The molecule has 0 atom stereocenters. The van der Waals surface area contributed by atoms with Crippen LogP contribution in [-0.4, -0.2) is 15.6 Å². The van der Waals surface area contributed by atoms with Crippen molar-refractivity contribution in [2.75, 3.05) is 0 Å². The lowest BCUT2D eigenvalue weighted by Gasteiger charge is -1.97. The molecule has 0 amide bonds. The number of hydrogen-bond acceptors (Lipinski definition) is 2. The second-order valence-electron chi connectivity index (χ2n) is 2.20. The Morgan fingerprint density at radius 2 is 2.55 bits per heavy atom. The summed E-state index contributed by atoms with van der Waals surface area (Å²) in [6, 6.07) is 0. The van der Waals surface area contributed by atoms with Crippen LogP contribution in [0.1, 0.15) is 6.42 Å². The summed E-state index contributed by atoms with van der Waals surface area (Å²) < 4.78 is 2.88. The summed E-state index contributed by atoms with van der Waals surface area (Å²) in [5.41, 5.74) is 5.19. The molecule has 0 saturated heterocycles. The van der Waals surface area contributed by atoms with E-state index in [9.17, 15) is 0 Å². The van der Waals surface area contributed by atoms with Gasteiger partial charge in [0, 0.05) is 19.2 Å². The van der Waals surface area contributed by atoms with Crippen molar-refractivity contribution in [2.45, 2.75) is 13.0 Å². The molecule has 1 rings (SSSR count). The van der Waals surface area contributed by atoms with Gasteiger partial charge in [-0.1, -0.05) is 0 Å². The molecule has 1 heterocycles. The maximum absolute atomic E-state index is 6.99. The first-order chi connectivity index (χ1) is 5.18. The molecular formula is C6H9IN4. The molecule has 0 aliphatic heterocycles. The second kappa shape index (κ2) is 3.70. The zero-order chi connectivity index (χ0) is 8.27. The molecule has 11 heavy (non-hydrogen) atoms. The molecule has 0 unspecified atom stereocenters. The first-order valence-corrected chi connectivity index (χ1v) is 4.27. The lowest BCUT2D eigenvalue weighted by molar-refractivity contribution is 0.631. The third kappa shape index (κ3) is 2.87. The van der Waals surface area contributed by atoms with Gasteiger partial charge in [0.1, 0.15) is 0 Å². The Morgan fingerprint density at radius 3 is 3.00 bits per heavy atom. The van der Waals surface area contributed by atoms with E-state index in [-0.39, 0.29) is 5.84 Å². The zero-order valence-electron chi connectivity index (χ0n) is 5.92. The van der Waals surface area contributed by atoms with E-state index in [1.54, 1.807) is 10.9 Å². The predicted molar refractivity (Wildman–Crippen MR) is 51.5 cm³/mol. The zero-order valence-corrected chi connectivity index (χ0v) is 8.08. The SMILES string of the molecule is N=C(N)CCn1cc(I)cn1. The fraction of sp³-hybridized carbons (Fsp3) is 0.333. The van der Waals surface area contributed by atoms with Crippen molar-refractivity contribution in [3.05, 3.63) is 16.0 Å². The van der Waals surface area contributed by atoms with Gasteiger partial charge in [0.15, 0.2) is 0 Å². The van der Waals surface area contributed by atoms with Gasteiger partial charge in [0.25, 0.3) is 0 Å². The highest BCUT2D eigenvalue weighted by molar-refractivity contribution is 14.1. The summed E-state index contributed by atoms with van der Waals surface area (Å²) in [7, 11) is 0. The Kier molecular flexibility index (Phi) is 2.86. The standard InChI is InChI=1S/C6H9IN4/c7-5-3-10-11(4-5)2-1-6(8)9/h3-4H,1-2H2,(H3,8,9). The molecule has 1 aromatic rings. The minimum Gasteiger partial charge on any atom is -0.388 e. The summed E-state index contributed by atoms with van der Waals surface area (Å²) >= 11 is 2.19. The number of aryl methyl sites for hydroxylation is 1. The van der Waals surface area contributed by atoms with Crippen molar-refractivity contribution in [3.63, 3.8) is 0 Å². The van der Waals surface area contributed by atoms with Crippen LogP contribution in [0.25, 0.3) is 0 Å². The van der Waals surface area contributed by atoms with E-state index in [4.69, 9.17) is 11.1 Å². The first-order valence-electron chi connectivity index (χ1n) is 3.19. The predicted octanol–water partition coefficient (Wildman–Crippen LogP) is 0.814. The van der Waals surface area contributed by atoms with Gasteiger partial charge < -0.3 is 5.73 Å². The van der Waals surface area contributed by atoms with E-state index in [0.29, 0.717) is 13.0 Å². The Morgan fingerprint density at radius 1 is 1.82 bits per heavy atom. The highest BCUT2D eigenvalue weighted by Crippen LogP contribution is 2.01. The molecule has 0 saturated carbocycles. The summed E-state index contributed by atoms with van der Waals surface area (Å²) in [6.45, 7) is 0.693. The quantitative estimate of drug-likeness (QED) is 0.482.